The van der Waals surface area contributed by atoms with Gasteiger partial charge in [0.25, 0.3) is 5.91 Å². The molecule has 1 unspecified atom stereocenters. The second kappa shape index (κ2) is 6.19. The molecule has 0 radical (unpaired) electrons. The van der Waals surface area contributed by atoms with E-state index in [4.69, 9.17) is 27.9 Å². The number of benzene rings is 2. The van der Waals surface area contributed by atoms with E-state index in [1.54, 1.807) is 23.1 Å². The van der Waals surface area contributed by atoms with Crippen molar-refractivity contribution in [3.63, 3.8) is 0 Å². The Kier molecular flexibility index (Phi) is 4.27. The van der Waals surface area contributed by atoms with E-state index in [1.807, 2.05) is 31.2 Å². The van der Waals surface area contributed by atoms with Gasteiger partial charge in [-0.3, -0.25) is 4.79 Å². The minimum atomic E-state index is -0.0894. The van der Waals surface area contributed by atoms with E-state index in [0.29, 0.717) is 15.8 Å². The summed E-state index contributed by atoms with van der Waals surface area (Å²) in [7, 11) is 0. The highest BCUT2D eigenvalue weighted by Crippen LogP contribution is 2.33. The van der Waals surface area contributed by atoms with Crippen LogP contribution in [-0.4, -0.2) is 18.6 Å². The van der Waals surface area contributed by atoms with Gasteiger partial charge in [-0.1, -0.05) is 47.5 Å². The Hall–Kier alpha value is -1.71. The molecule has 1 heterocycles. The number of fused-ring (bicyclic) bond motifs is 1. The Labute approximate surface area is 139 Å². The molecule has 1 atom stereocenters. The van der Waals surface area contributed by atoms with E-state index in [1.165, 1.54) is 5.56 Å². The number of hydrogen-bond acceptors (Lipinski definition) is 2. The summed E-state index contributed by atoms with van der Waals surface area (Å²) in [5.74, 6) is 0.330. The van der Waals surface area contributed by atoms with Crippen LogP contribution in [0.1, 0.15) is 12.5 Å². The van der Waals surface area contributed by atoms with Crippen LogP contribution < -0.4 is 9.64 Å². The molecule has 3 nitrogen and oxygen atoms in total. The van der Waals surface area contributed by atoms with Crippen molar-refractivity contribution in [1.29, 1.82) is 0 Å². The van der Waals surface area contributed by atoms with Gasteiger partial charge in [0.1, 0.15) is 10.8 Å². The molecule has 0 saturated heterocycles. The molecule has 3 rings (SSSR count). The Morgan fingerprint density at radius 2 is 2.00 bits per heavy atom. The average molecular weight is 336 g/mol. The lowest BCUT2D eigenvalue weighted by Crippen LogP contribution is -2.39. The normalized spacial score (nSPS) is 16.5. The fourth-order valence-corrected chi connectivity index (χ4v) is 3.10. The number of para-hydroxylation sites is 1. The molecule has 0 aliphatic carbocycles. The first-order chi connectivity index (χ1) is 10.6. The van der Waals surface area contributed by atoms with Gasteiger partial charge in [-0.15, -0.1) is 0 Å². The minimum Gasteiger partial charge on any atom is -0.482 e. The van der Waals surface area contributed by atoms with Crippen molar-refractivity contribution in [3.05, 3.63) is 58.1 Å². The zero-order valence-corrected chi connectivity index (χ0v) is 13.6. The van der Waals surface area contributed by atoms with Crippen LogP contribution in [0.25, 0.3) is 0 Å². The first-order valence-corrected chi connectivity index (χ1v) is 7.80. The van der Waals surface area contributed by atoms with Crippen LogP contribution in [0.2, 0.25) is 10.0 Å². The minimum absolute atomic E-state index is 0.0707. The van der Waals surface area contributed by atoms with E-state index in [9.17, 15) is 4.79 Å². The summed E-state index contributed by atoms with van der Waals surface area (Å²) < 4.78 is 5.55. The Morgan fingerprint density at radius 1 is 1.23 bits per heavy atom. The zero-order chi connectivity index (χ0) is 15.7. The molecule has 5 heteroatoms. The predicted molar refractivity (Wildman–Crippen MR) is 89.1 cm³/mol. The topological polar surface area (TPSA) is 29.5 Å². The summed E-state index contributed by atoms with van der Waals surface area (Å²) in [5.41, 5.74) is 2.14. The fraction of sp³-hybridized carbons (Fsp3) is 0.235. The van der Waals surface area contributed by atoms with Crippen LogP contribution in [0.5, 0.6) is 5.75 Å². The van der Waals surface area contributed by atoms with Crippen molar-refractivity contribution in [2.75, 3.05) is 11.5 Å². The Bertz CT molecular complexity index is 718. The predicted octanol–water partition coefficient (Wildman–Crippen LogP) is 4.35. The van der Waals surface area contributed by atoms with Gasteiger partial charge in [0.05, 0.1) is 5.02 Å². The number of halogens is 2. The third-order valence-corrected chi connectivity index (χ3v) is 4.54. The number of ether oxygens (including phenoxy) is 1. The molecule has 0 N–H and O–H groups in total. The maximum atomic E-state index is 12.5. The van der Waals surface area contributed by atoms with E-state index in [-0.39, 0.29) is 18.6 Å². The van der Waals surface area contributed by atoms with Crippen LogP contribution >= 0.6 is 23.2 Å². The van der Waals surface area contributed by atoms with Gasteiger partial charge in [0.15, 0.2) is 6.61 Å². The lowest BCUT2D eigenvalue weighted by molar-refractivity contribution is -0.120. The molecule has 1 amide bonds. The van der Waals surface area contributed by atoms with Crippen molar-refractivity contribution >= 4 is 34.8 Å². The molecule has 22 heavy (non-hydrogen) atoms. The zero-order valence-electron chi connectivity index (χ0n) is 12.1. The van der Waals surface area contributed by atoms with E-state index < -0.39 is 0 Å². The summed E-state index contributed by atoms with van der Waals surface area (Å²) in [6, 6.07) is 13.2. The molecule has 1 aliphatic rings. The van der Waals surface area contributed by atoms with Crippen molar-refractivity contribution in [2.45, 2.75) is 19.4 Å². The number of carbonyl (C=O) groups is 1. The smallest absolute Gasteiger partial charge is 0.265 e. The third kappa shape index (κ3) is 2.79. The maximum absolute atomic E-state index is 12.5. The molecule has 1 aliphatic heterocycles. The second-order valence-electron chi connectivity index (χ2n) is 5.29. The summed E-state index contributed by atoms with van der Waals surface area (Å²) in [6.45, 7) is 1.96. The first kappa shape index (κ1) is 15.2. The van der Waals surface area contributed by atoms with Gasteiger partial charge in [-0.2, -0.15) is 0 Å². The van der Waals surface area contributed by atoms with Gasteiger partial charge in [-0.05, 0) is 37.1 Å². The maximum Gasteiger partial charge on any atom is 0.265 e. The molecule has 0 spiro atoms. The highest BCUT2D eigenvalue weighted by atomic mass is 35.5. The molecule has 2 aromatic carbocycles. The number of nitrogens with zero attached hydrogens (tertiary/aromatic N) is 1. The highest BCUT2D eigenvalue weighted by Gasteiger charge is 2.30. The second-order valence-corrected chi connectivity index (χ2v) is 6.07. The first-order valence-electron chi connectivity index (χ1n) is 7.04. The van der Waals surface area contributed by atoms with E-state index in [2.05, 4.69) is 0 Å². The highest BCUT2D eigenvalue weighted by molar-refractivity contribution is 6.42. The average Bonchev–Trinajstić information content (AvgIpc) is 2.84. The number of hydrogen-bond donors (Lipinski definition) is 0. The Morgan fingerprint density at radius 3 is 2.82 bits per heavy atom. The van der Waals surface area contributed by atoms with Crippen LogP contribution in [0.4, 0.5) is 5.69 Å². The third-order valence-electron chi connectivity index (χ3n) is 3.74. The molecule has 0 saturated carbocycles. The lowest BCUT2D eigenvalue weighted by atomic mass is 10.1. The molecule has 2 aromatic rings. The summed E-state index contributed by atoms with van der Waals surface area (Å²) in [5, 5.41) is 0.735. The number of rotatable bonds is 3. The van der Waals surface area contributed by atoms with Crippen LogP contribution in [0.15, 0.2) is 42.5 Å². The molecule has 0 aromatic heterocycles. The van der Waals surface area contributed by atoms with Gasteiger partial charge < -0.3 is 9.64 Å². The van der Waals surface area contributed by atoms with Crippen molar-refractivity contribution in [1.82, 2.24) is 0 Å². The van der Waals surface area contributed by atoms with Gasteiger partial charge >= 0.3 is 0 Å². The van der Waals surface area contributed by atoms with Crippen molar-refractivity contribution in [3.8, 4) is 5.75 Å². The van der Waals surface area contributed by atoms with Crippen molar-refractivity contribution < 1.29 is 9.53 Å². The van der Waals surface area contributed by atoms with Crippen LogP contribution in [0.3, 0.4) is 0 Å². The van der Waals surface area contributed by atoms with Gasteiger partial charge in [-0.25, -0.2) is 0 Å². The summed E-state index contributed by atoms with van der Waals surface area (Å²) in [6.07, 6.45) is 0.861. The number of amides is 1. The quantitative estimate of drug-likeness (QED) is 0.834. The molecular weight excluding hydrogens is 321 g/mol. The fourth-order valence-electron chi connectivity index (χ4n) is 2.75. The molecule has 114 valence electrons. The number of carbonyl (C=O) groups excluding carboxylic acids is 1. The van der Waals surface area contributed by atoms with Crippen molar-refractivity contribution in [2.24, 2.45) is 0 Å². The molecule has 0 bridgehead atoms. The monoisotopic (exact) mass is 335 g/mol. The van der Waals surface area contributed by atoms with Gasteiger partial charge in [0, 0.05) is 11.7 Å². The van der Waals surface area contributed by atoms with Crippen LogP contribution in [-0.2, 0) is 11.2 Å². The Balaban J connectivity index is 1.74. The van der Waals surface area contributed by atoms with E-state index >= 15 is 0 Å². The van der Waals surface area contributed by atoms with Gasteiger partial charge in [0.2, 0.25) is 0 Å². The van der Waals surface area contributed by atoms with Crippen LogP contribution in [0, 0.1) is 0 Å². The largest absolute Gasteiger partial charge is 0.482 e. The summed E-state index contributed by atoms with van der Waals surface area (Å²) >= 11 is 12.0. The van der Waals surface area contributed by atoms with E-state index in [0.717, 1.165) is 12.1 Å². The molecule has 0 fully saturated rings. The lowest BCUT2D eigenvalue weighted by Gasteiger charge is -2.23. The molecular formula is C17H15Cl2NO2. The number of anilines is 1. The standard InChI is InChI=1S/C17H15Cl2NO2/c1-11-9-12-5-2-3-7-14(12)20(11)16(21)10-22-15-8-4-6-13(18)17(15)19/h2-8,11H,9-10H2,1H3. The summed E-state index contributed by atoms with van der Waals surface area (Å²) in [4.78, 5) is 14.3. The SMILES string of the molecule is CC1Cc2ccccc2N1C(=O)COc1cccc(Cl)c1Cl.